The summed E-state index contributed by atoms with van der Waals surface area (Å²) < 4.78 is 7.56. The molecule has 0 saturated heterocycles. The van der Waals surface area contributed by atoms with E-state index in [4.69, 9.17) is 0 Å². The zero-order valence-corrected chi connectivity index (χ0v) is 8.10. The van der Waals surface area contributed by atoms with Crippen molar-refractivity contribution in [2.24, 2.45) is 7.05 Å². The van der Waals surface area contributed by atoms with Gasteiger partial charge in [0.15, 0.2) is 11.6 Å². The molecule has 2 heterocycles. The van der Waals surface area contributed by atoms with Crippen LogP contribution in [0.4, 0.5) is 0 Å². The molecule has 0 atom stereocenters. The Hall–Kier alpha value is -1.70. The zero-order chi connectivity index (χ0) is 9.97. The first-order chi connectivity index (χ1) is 6.75. The van der Waals surface area contributed by atoms with E-state index < -0.39 is 0 Å². The maximum absolute atomic E-state index is 11.5. The lowest BCUT2D eigenvalue weighted by molar-refractivity contribution is 0.0987. The van der Waals surface area contributed by atoms with Gasteiger partial charge in [0.05, 0.1) is 31.4 Å². The fraction of sp³-hybridized carbons (Fsp3) is 0.333. The minimum absolute atomic E-state index is 0.110. The number of tetrazole rings is 1. The van der Waals surface area contributed by atoms with Crippen LogP contribution in [0.2, 0.25) is 0 Å². The minimum atomic E-state index is -0.147. The van der Waals surface area contributed by atoms with Gasteiger partial charge in [-0.2, -0.15) is 13.5 Å². The summed E-state index contributed by atoms with van der Waals surface area (Å²) in [4.78, 5) is 12.8. The predicted molar refractivity (Wildman–Crippen MR) is 46.7 cm³/mol. The molecular formula is C6H6N6OS. The zero-order valence-electron chi connectivity index (χ0n) is 7.28. The van der Waals surface area contributed by atoms with Crippen LogP contribution in [0, 0.1) is 0 Å². The second-order valence-corrected chi connectivity index (χ2v) is 3.14. The smallest absolute Gasteiger partial charge is 0.191 e. The van der Waals surface area contributed by atoms with Crippen LogP contribution in [-0.2, 0) is 13.5 Å². The normalized spacial score (nSPS) is 10.4. The molecular weight excluding hydrogens is 204 g/mol. The lowest BCUT2D eigenvalue weighted by atomic mass is 10.2. The van der Waals surface area contributed by atoms with Gasteiger partial charge < -0.3 is 0 Å². The van der Waals surface area contributed by atoms with Gasteiger partial charge in [0.1, 0.15) is 5.69 Å². The van der Waals surface area contributed by atoms with Crippen molar-refractivity contribution in [3.63, 3.8) is 0 Å². The van der Waals surface area contributed by atoms with Crippen LogP contribution in [0.5, 0.6) is 0 Å². The first-order valence-corrected chi connectivity index (χ1v) is 4.52. The van der Waals surface area contributed by atoms with Crippen LogP contribution in [0.3, 0.4) is 0 Å². The van der Waals surface area contributed by atoms with Crippen LogP contribution >= 0.6 is 11.7 Å². The molecule has 14 heavy (non-hydrogen) atoms. The lowest BCUT2D eigenvalue weighted by Gasteiger charge is -1.89. The molecule has 0 unspecified atom stereocenters. The van der Waals surface area contributed by atoms with Crippen LogP contribution in [0.15, 0.2) is 6.20 Å². The number of aromatic nitrogens is 6. The number of hydrogen-bond donors (Lipinski definition) is 0. The van der Waals surface area contributed by atoms with E-state index in [0.717, 1.165) is 11.7 Å². The second kappa shape index (κ2) is 3.58. The predicted octanol–water partition coefficient (Wildman–Crippen LogP) is -0.513. The minimum Gasteiger partial charge on any atom is -0.292 e. The van der Waals surface area contributed by atoms with Gasteiger partial charge >= 0.3 is 0 Å². The highest BCUT2D eigenvalue weighted by atomic mass is 32.1. The van der Waals surface area contributed by atoms with Gasteiger partial charge in [-0.3, -0.25) is 4.79 Å². The highest BCUT2D eigenvalue weighted by molar-refractivity contribution is 6.99. The van der Waals surface area contributed by atoms with Crippen molar-refractivity contribution in [2.45, 2.75) is 6.42 Å². The quantitative estimate of drug-likeness (QED) is 0.634. The molecule has 0 bridgehead atoms. The molecule has 0 saturated carbocycles. The molecule has 72 valence electrons. The standard InChI is InChI=1S/C6H6N6OS/c1-12-9-6(8-11-12)2-5(13)4-3-7-14-10-4/h3H,2H2,1H3. The Balaban J connectivity index is 2.09. The summed E-state index contributed by atoms with van der Waals surface area (Å²) in [6.07, 6.45) is 1.54. The van der Waals surface area contributed by atoms with E-state index in [1.807, 2.05) is 0 Å². The fourth-order valence-electron chi connectivity index (χ4n) is 0.916. The van der Waals surface area contributed by atoms with Gasteiger partial charge in [-0.05, 0) is 5.21 Å². The molecule has 2 rings (SSSR count). The van der Waals surface area contributed by atoms with Crippen molar-refractivity contribution < 1.29 is 4.79 Å². The van der Waals surface area contributed by atoms with Gasteiger partial charge in [0.2, 0.25) is 0 Å². The second-order valence-electron chi connectivity index (χ2n) is 2.59. The van der Waals surface area contributed by atoms with Crippen LogP contribution in [-0.4, -0.2) is 34.7 Å². The molecule has 0 aliphatic carbocycles. The van der Waals surface area contributed by atoms with E-state index in [1.165, 1.54) is 11.0 Å². The van der Waals surface area contributed by atoms with E-state index in [1.54, 1.807) is 7.05 Å². The van der Waals surface area contributed by atoms with E-state index in [2.05, 4.69) is 24.2 Å². The molecule has 2 aromatic heterocycles. The highest BCUT2D eigenvalue weighted by Crippen LogP contribution is 2.00. The van der Waals surface area contributed by atoms with E-state index in [0.29, 0.717) is 11.5 Å². The number of carbonyl (C=O) groups excluding carboxylic acids is 1. The average molecular weight is 210 g/mol. The maximum Gasteiger partial charge on any atom is 0.191 e. The molecule has 0 aliphatic rings. The number of carbonyl (C=O) groups is 1. The van der Waals surface area contributed by atoms with Crippen molar-refractivity contribution in [1.29, 1.82) is 0 Å². The summed E-state index contributed by atoms with van der Waals surface area (Å²) >= 11 is 1.00. The maximum atomic E-state index is 11.5. The molecule has 0 N–H and O–H groups in total. The molecule has 0 aliphatic heterocycles. The van der Waals surface area contributed by atoms with Crippen LogP contribution < -0.4 is 0 Å². The Morgan fingerprint density at radius 3 is 3.07 bits per heavy atom. The Kier molecular flexibility index (Phi) is 2.27. The molecule has 0 amide bonds. The molecule has 0 fully saturated rings. The first-order valence-electron chi connectivity index (χ1n) is 3.79. The molecule has 0 spiro atoms. The van der Waals surface area contributed by atoms with Gasteiger partial charge in [-0.25, -0.2) is 0 Å². The summed E-state index contributed by atoms with van der Waals surface area (Å²) in [5, 5.41) is 11.2. The van der Waals surface area contributed by atoms with Gasteiger partial charge in [-0.1, -0.05) is 0 Å². The van der Waals surface area contributed by atoms with Crippen LogP contribution in [0.25, 0.3) is 0 Å². The third-order valence-electron chi connectivity index (χ3n) is 1.52. The summed E-state index contributed by atoms with van der Waals surface area (Å²) in [5.41, 5.74) is 0.349. The number of rotatable bonds is 3. The average Bonchev–Trinajstić information content (AvgIpc) is 2.75. The number of aryl methyl sites for hydroxylation is 1. The highest BCUT2D eigenvalue weighted by Gasteiger charge is 2.12. The van der Waals surface area contributed by atoms with E-state index in [-0.39, 0.29) is 12.2 Å². The van der Waals surface area contributed by atoms with Crippen molar-refractivity contribution in [1.82, 2.24) is 29.0 Å². The van der Waals surface area contributed by atoms with Gasteiger partial charge in [0, 0.05) is 0 Å². The third-order valence-corrected chi connectivity index (χ3v) is 1.99. The molecule has 8 heteroatoms. The topological polar surface area (TPSA) is 86.5 Å². The Morgan fingerprint density at radius 2 is 2.50 bits per heavy atom. The van der Waals surface area contributed by atoms with Gasteiger partial charge in [-0.15, -0.1) is 10.2 Å². The van der Waals surface area contributed by atoms with E-state index >= 15 is 0 Å². The summed E-state index contributed by atoms with van der Waals surface area (Å²) in [6.45, 7) is 0. The Morgan fingerprint density at radius 1 is 1.64 bits per heavy atom. The first kappa shape index (κ1) is 8.88. The molecule has 0 radical (unpaired) electrons. The number of Topliss-reactive ketones (excluding diaryl/α,β-unsaturated/α-hetero) is 1. The van der Waals surface area contributed by atoms with Gasteiger partial charge in [0.25, 0.3) is 0 Å². The largest absolute Gasteiger partial charge is 0.292 e. The fourth-order valence-corrected chi connectivity index (χ4v) is 1.35. The number of ketones is 1. The number of hydrogen-bond acceptors (Lipinski definition) is 7. The summed E-state index contributed by atoms with van der Waals surface area (Å²) in [5.74, 6) is 0.247. The summed E-state index contributed by atoms with van der Waals surface area (Å²) in [6, 6.07) is 0. The summed E-state index contributed by atoms with van der Waals surface area (Å²) in [7, 11) is 1.64. The monoisotopic (exact) mass is 210 g/mol. The Labute approximate surface area is 83.1 Å². The lowest BCUT2D eigenvalue weighted by Crippen LogP contribution is -2.05. The molecule has 7 nitrogen and oxygen atoms in total. The molecule has 0 aromatic carbocycles. The van der Waals surface area contributed by atoms with Crippen molar-refractivity contribution >= 4 is 17.5 Å². The molecule has 2 aromatic rings. The van der Waals surface area contributed by atoms with Crippen LogP contribution in [0.1, 0.15) is 16.3 Å². The van der Waals surface area contributed by atoms with Crippen molar-refractivity contribution in [3.8, 4) is 0 Å². The SMILES string of the molecule is Cn1nnc(CC(=O)c2cnsn2)n1. The number of nitrogens with zero attached hydrogens (tertiary/aromatic N) is 6. The third kappa shape index (κ3) is 1.79. The van der Waals surface area contributed by atoms with Crippen molar-refractivity contribution in [2.75, 3.05) is 0 Å². The van der Waals surface area contributed by atoms with Crippen molar-refractivity contribution in [3.05, 3.63) is 17.7 Å². The Bertz CT molecular complexity index is 435. The van der Waals surface area contributed by atoms with E-state index in [9.17, 15) is 4.79 Å².